The van der Waals surface area contributed by atoms with E-state index in [2.05, 4.69) is 10.4 Å². The van der Waals surface area contributed by atoms with Crippen molar-refractivity contribution in [1.82, 2.24) is 15.1 Å². The number of ether oxygens (including phenoxy) is 1. The predicted molar refractivity (Wildman–Crippen MR) is 82.1 cm³/mol. The number of carbonyl (C=O) groups is 2. The summed E-state index contributed by atoms with van der Waals surface area (Å²) in [6.07, 6.45) is 5.84. The Bertz CT molecular complexity index is 604. The quantitative estimate of drug-likeness (QED) is 0.878. The third-order valence-electron chi connectivity index (χ3n) is 4.81. The van der Waals surface area contributed by atoms with E-state index in [4.69, 9.17) is 9.84 Å². The first-order chi connectivity index (χ1) is 10.9. The first kappa shape index (κ1) is 16.0. The summed E-state index contributed by atoms with van der Waals surface area (Å²) in [5.74, 6) is -1.20. The molecule has 23 heavy (non-hydrogen) atoms. The van der Waals surface area contributed by atoms with Gasteiger partial charge in [0.05, 0.1) is 23.3 Å². The number of rotatable bonds is 4. The molecule has 1 atom stereocenters. The molecule has 1 saturated carbocycles. The highest BCUT2D eigenvalue weighted by molar-refractivity contribution is 5.93. The molecule has 7 heteroatoms. The molecule has 1 aliphatic heterocycles. The number of carbonyl (C=O) groups excluding carboxylic acids is 1. The van der Waals surface area contributed by atoms with Crippen LogP contribution in [0.3, 0.4) is 0 Å². The average molecular weight is 321 g/mol. The van der Waals surface area contributed by atoms with Crippen LogP contribution in [0.15, 0.2) is 12.4 Å². The summed E-state index contributed by atoms with van der Waals surface area (Å²) in [7, 11) is 0. The highest BCUT2D eigenvalue weighted by Gasteiger charge is 2.51. The Morgan fingerprint density at radius 2 is 2.17 bits per heavy atom. The van der Waals surface area contributed by atoms with E-state index in [1.165, 1.54) is 0 Å². The molecule has 1 aliphatic carbocycles. The fraction of sp³-hybridized carbons (Fsp3) is 0.688. The molecule has 0 radical (unpaired) electrons. The number of hydrogen-bond donors (Lipinski definition) is 2. The SMILES string of the molecule is CC(C)n1cc(C(=O)NC2CCOC3(C2)CC(C(=O)O)C3)cn1. The molecule has 0 bridgehead atoms. The molecule has 2 N–H and O–H groups in total. The molecule has 0 aromatic carbocycles. The third kappa shape index (κ3) is 3.24. The minimum atomic E-state index is -0.758. The Balaban J connectivity index is 1.57. The van der Waals surface area contributed by atoms with Crippen molar-refractivity contribution < 1.29 is 19.4 Å². The van der Waals surface area contributed by atoms with Crippen molar-refractivity contribution in [2.75, 3.05) is 6.61 Å². The number of nitrogens with zero attached hydrogens (tertiary/aromatic N) is 2. The van der Waals surface area contributed by atoms with Gasteiger partial charge in [-0.25, -0.2) is 0 Å². The van der Waals surface area contributed by atoms with E-state index in [0.29, 0.717) is 31.4 Å². The number of aromatic nitrogens is 2. The Hall–Kier alpha value is -1.89. The first-order valence-electron chi connectivity index (χ1n) is 8.10. The van der Waals surface area contributed by atoms with Gasteiger partial charge in [0.15, 0.2) is 0 Å². The van der Waals surface area contributed by atoms with Crippen LogP contribution < -0.4 is 5.32 Å². The lowest BCUT2D eigenvalue weighted by molar-refractivity contribution is -0.181. The van der Waals surface area contributed by atoms with Crippen LogP contribution in [-0.2, 0) is 9.53 Å². The minimum absolute atomic E-state index is 0.0217. The number of nitrogens with one attached hydrogen (secondary N) is 1. The highest BCUT2D eigenvalue weighted by atomic mass is 16.5. The van der Waals surface area contributed by atoms with Gasteiger partial charge < -0.3 is 15.2 Å². The molecule has 1 unspecified atom stereocenters. The van der Waals surface area contributed by atoms with E-state index in [1.807, 2.05) is 13.8 Å². The van der Waals surface area contributed by atoms with Crippen LogP contribution in [0.5, 0.6) is 0 Å². The Labute approximate surface area is 135 Å². The summed E-state index contributed by atoms with van der Waals surface area (Å²) in [6, 6.07) is 0.235. The van der Waals surface area contributed by atoms with Gasteiger partial charge in [-0.05, 0) is 39.5 Å². The maximum Gasteiger partial charge on any atom is 0.306 e. The molecule has 2 aliphatic rings. The Kier molecular flexibility index (Phi) is 4.14. The van der Waals surface area contributed by atoms with Crippen LogP contribution in [0, 0.1) is 5.92 Å². The van der Waals surface area contributed by atoms with Gasteiger partial charge in [-0.1, -0.05) is 0 Å². The zero-order valence-electron chi connectivity index (χ0n) is 13.5. The van der Waals surface area contributed by atoms with E-state index >= 15 is 0 Å². The van der Waals surface area contributed by atoms with E-state index in [-0.39, 0.29) is 29.5 Å². The van der Waals surface area contributed by atoms with Crippen LogP contribution in [0.2, 0.25) is 0 Å². The van der Waals surface area contributed by atoms with Gasteiger partial charge in [0.25, 0.3) is 5.91 Å². The Morgan fingerprint density at radius 3 is 2.78 bits per heavy atom. The lowest BCUT2D eigenvalue weighted by Crippen LogP contribution is -2.56. The zero-order chi connectivity index (χ0) is 16.6. The molecule has 2 heterocycles. The van der Waals surface area contributed by atoms with Crippen molar-refractivity contribution in [3.8, 4) is 0 Å². The molecule has 1 amide bonds. The van der Waals surface area contributed by atoms with Gasteiger partial charge in [0, 0.05) is 24.9 Å². The van der Waals surface area contributed by atoms with Gasteiger partial charge in [-0.2, -0.15) is 5.10 Å². The maximum absolute atomic E-state index is 12.3. The molecule has 1 aromatic heterocycles. The number of aliphatic carboxylic acids is 1. The summed E-state index contributed by atoms with van der Waals surface area (Å²) >= 11 is 0. The van der Waals surface area contributed by atoms with E-state index in [9.17, 15) is 9.59 Å². The second-order valence-electron chi connectivity index (χ2n) is 6.94. The second-order valence-corrected chi connectivity index (χ2v) is 6.94. The van der Waals surface area contributed by atoms with Gasteiger partial charge >= 0.3 is 5.97 Å². The van der Waals surface area contributed by atoms with Crippen molar-refractivity contribution in [3.63, 3.8) is 0 Å². The standard InChI is InChI=1S/C16H23N3O4/c1-10(2)19-9-12(8-17-19)14(20)18-13-3-4-23-16(7-13)5-11(6-16)15(21)22/h8-11,13H,3-7H2,1-2H3,(H,18,20)(H,21,22). The van der Waals surface area contributed by atoms with E-state index < -0.39 is 5.97 Å². The van der Waals surface area contributed by atoms with Crippen LogP contribution in [0.4, 0.5) is 0 Å². The smallest absolute Gasteiger partial charge is 0.306 e. The molecular formula is C16H23N3O4. The second kappa shape index (κ2) is 5.96. The maximum atomic E-state index is 12.3. The van der Waals surface area contributed by atoms with Crippen molar-refractivity contribution in [3.05, 3.63) is 18.0 Å². The molecule has 7 nitrogen and oxygen atoms in total. The average Bonchev–Trinajstić information content (AvgIpc) is 2.94. The predicted octanol–water partition coefficient (Wildman–Crippen LogP) is 1.61. The van der Waals surface area contributed by atoms with Crippen LogP contribution in [0.1, 0.15) is 55.9 Å². The Morgan fingerprint density at radius 1 is 1.43 bits per heavy atom. The summed E-state index contributed by atoms with van der Waals surface area (Å²) in [5.41, 5.74) is 0.192. The lowest BCUT2D eigenvalue weighted by atomic mass is 9.66. The molecule has 126 valence electrons. The van der Waals surface area contributed by atoms with Crippen molar-refractivity contribution in [2.45, 2.75) is 57.2 Å². The van der Waals surface area contributed by atoms with Crippen molar-refractivity contribution in [1.29, 1.82) is 0 Å². The molecule has 1 aromatic rings. The minimum Gasteiger partial charge on any atom is -0.481 e. The summed E-state index contributed by atoms with van der Waals surface area (Å²) in [4.78, 5) is 23.3. The van der Waals surface area contributed by atoms with Gasteiger partial charge in [0.2, 0.25) is 0 Å². The molecular weight excluding hydrogens is 298 g/mol. The number of amides is 1. The molecule has 2 fully saturated rings. The number of hydrogen-bond acceptors (Lipinski definition) is 4. The summed E-state index contributed by atoms with van der Waals surface area (Å²) < 4.78 is 7.56. The van der Waals surface area contributed by atoms with E-state index in [0.717, 1.165) is 6.42 Å². The molecule has 1 spiro atoms. The number of carboxylic acids is 1. The highest BCUT2D eigenvalue weighted by Crippen LogP contribution is 2.46. The van der Waals surface area contributed by atoms with Crippen LogP contribution in [0.25, 0.3) is 0 Å². The monoisotopic (exact) mass is 321 g/mol. The van der Waals surface area contributed by atoms with Crippen molar-refractivity contribution in [2.24, 2.45) is 5.92 Å². The van der Waals surface area contributed by atoms with Crippen LogP contribution >= 0.6 is 0 Å². The van der Waals surface area contributed by atoms with Gasteiger partial charge in [-0.3, -0.25) is 14.3 Å². The summed E-state index contributed by atoms with van der Waals surface area (Å²) in [6.45, 7) is 4.57. The fourth-order valence-corrected chi connectivity index (χ4v) is 3.45. The molecule has 1 saturated heterocycles. The van der Waals surface area contributed by atoms with E-state index in [1.54, 1.807) is 17.1 Å². The van der Waals surface area contributed by atoms with Gasteiger partial charge in [-0.15, -0.1) is 0 Å². The first-order valence-corrected chi connectivity index (χ1v) is 8.10. The van der Waals surface area contributed by atoms with Crippen LogP contribution in [-0.4, -0.2) is 45.0 Å². The molecule has 3 rings (SSSR count). The third-order valence-corrected chi connectivity index (χ3v) is 4.81. The topological polar surface area (TPSA) is 93.5 Å². The number of carboxylic acid groups (broad SMARTS) is 1. The lowest BCUT2D eigenvalue weighted by Gasteiger charge is -2.50. The van der Waals surface area contributed by atoms with Gasteiger partial charge in [0.1, 0.15) is 0 Å². The fourth-order valence-electron chi connectivity index (χ4n) is 3.45. The van der Waals surface area contributed by atoms with Crippen molar-refractivity contribution >= 4 is 11.9 Å². The zero-order valence-corrected chi connectivity index (χ0v) is 13.5. The normalized spacial score (nSPS) is 30.2. The summed E-state index contributed by atoms with van der Waals surface area (Å²) in [5, 5.41) is 16.2. The largest absolute Gasteiger partial charge is 0.481 e.